The van der Waals surface area contributed by atoms with Crippen LogP contribution >= 0.6 is 0 Å². The second-order valence-electron chi connectivity index (χ2n) is 4.15. The van der Waals surface area contributed by atoms with E-state index in [1.807, 2.05) is 0 Å². The maximum Gasteiger partial charge on any atom is 0.326 e. The maximum atomic E-state index is 11.8. The summed E-state index contributed by atoms with van der Waals surface area (Å²) >= 11 is 0. The van der Waals surface area contributed by atoms with E-state index >= 15 is 0 Å². The zero-order chi connectivity index (χ0) is 10.3. The molecule has 0 spiro atoms. The summed E-state index contributed by atoms with van der Waals surface area (Å²) in [6.45, 7) is 0.536. The number of hydrogen-bond donors (Lipinski definition) is 2. The lowest BCUT2D eigenvalue weighted by molar-refractivity contribution is -0.149. The highest BCUT2D eigenvalue weighted by Crippen LogP contribution is 2.36. The first kappa shape index (κ1) is 9.45. The van der Waals surface area contributed by atoms with E-state index in [4.69, 9.17) is 10.8 Å². The molecule has 1 heterocycles. The van der Waals surface area contributed by atoms with Gasteiger partial charge in [-0.25, -0.2) is 4.79 Å². The van der Waals surface area contributed by atoms with E-state index in [2.05, 4.69) is 0 Å². The number of amides is 1. The summed E-state index contributed by atoms with van der Waals surface area (Å²) in [6, 6.07) is -0.650. The van der Waals surface area contributed by atoms with Crippen LogP contribution in [0.3, 0.4) is 0 Å². The lowest BCUT2D eigenvalue weighted by Gasteiger charge is -2.24. The molecule has 0 aromatic rings. The number of carboxylic acid groups (broad SMARTS) is 1. The van der Waals surface area contributed by atoms with Crippen LogP contribution in [-0.4, -0.2) is 40.0 Å². The molecule has 2 fully saturated rings. The van der Waals surface area contributed by atoms with Crippen molar-refractivity contribution in [3.63, 3.8) is 0 Å². The molecular formula is C9H14N2O3. The van der Waals surface area contributed by atoms with E-state index in [-0.39, 0.29) is 5.91 Å². The summed E-state index contributed by atoms with van der Waals surface area (Å²) in [5.41, 5.74) is 5.01. The molecule has 1 atom stereocenters. The third kappa shape index (κ3) is 1.37. The second-order valence-corrected chi connectivity index (χ2v) is 4.15. The van der Waals surface area contributed by atoms with E-state index in [0.29, 0.717) is 25.8 Å². The molecule has 78 valence electrons. The van der Waals surface area contributed by atoms with Crippen LogP contribution in [0.4, 0.5) is 0 Å². The highest BCUT2D eigenvalue weighted by Gasteiger charge is 2.51. The first-order chi connectivity index (χ1) is 6.54. The Hall–Kier alpha value is -1.10. The van der Waals surface area contributed by atoms with Crippen LogP contribution in [0.15, 0.2) is 0 Å². The number of aliphatic carboxylic acids is 1. The SMILES string of the molecule is NC1(C(=O)N2CCCC2C(=O)O)CC1. The first-order valence-electron chi connectivity index (χ1n) is 4.87. The Kier molecular flexibility index (Phi) is 1.99. The fraction of sp³-hybridized carbons (Fsp3) is 0.778. The molecule has 0 aromatic carbocycles. The molecule has 14 heavy (non-hydrogen) atoms. The fourth-order valence-electron chi connectivity index (χ4n) is 1.90. The molecule has 1 unspecified atom stereocenters. The van der Waals surface area contributed by atoms with Crippen molar-refractivity contribution in [2.24, 2.45) is 5.73 Å². The van der Waals surface area contributed by atoms with Gasteiger partial charge in [-0.1, -0.05) is 0 Å². The number of nitrogens with two attached hydrogens (primary N) is 1. The van der Waals surface area contributed by atoms with Gasteiger partial charge in [-0.2, -0.15) is 0 Å². The average Bonchev–Trinajstić information content (AvgIpc) is 2.69. The minimum absolute atomic E-state index is 0.178. The van der Waals surface area contributed by atoms with Gasteiger partial charge in [0.2, 0.25) is 5.91 Å². The van der Waals surface area contributed by atoms with E-state index in [9.17, 15) is 9.59 Å². The van der Waals surface area contributed by atoms with E-state index in [1.54, 1.807) is 0 Å². The lowest BCUT2D eigenvalue weighted by atomic mass is 10.2. The van der Waals surface area contributed by atoms with Crippen molar-refractivity contribution in [1.29, 1.82) is 0 Å². The Balaban J connectivity index is 2.09. The van der Waals surface area contributed by atoms with Crippen LogP contribution in [0.1, 0.15) is 25.7 Å². The molecule has 5 heteroatoms. The zero-order valence-electron chi connectivity index (χ0n) is 7.90. The van der Waals surface area contributed by atoms with Gasteiger partial charge in [0, 0.05) is 6.54 Å². The molecule has 1 amide bonds. The van der Waals surface area contributed by atoms with Gasteiger partial charge >= 0.3 is 5.97 Å². The smallest absolute Gasteiger partial charge is 0.326 e. The Bertz CT molecular complexity index is 286. The quantitative estimate of drug-likeness (QED) is 0.629. The Morgan fingerprint density at radius 1 is 1.43 bits per heavy atom. The van der Waals surface area contributed by atoms with Gasteiger partial charge in [-0.15, -0.1) is 0 Å². The topological polar surface area (TPSA) is 83.6 Å². The van der Waals surface area contributed by atoms with Crippen LogP contribution < -0.4 is 5.73 Å². The van der Waals surface area contributed by atoms with Gasteiger partial charge in [-0.05, 0) is 25.7 Å². The van der Waals surface area contributed by atoms with E-state index in [0.717, 1.165) is 6.42 Å². The van der Waals surface area contributed by atoms with Crippen LogP contribution in [0.25, 0.3) is 0 Å². The summed E-state index contributed by atoms with van der Waals surface area (Å²) < 4.78 is 0. The fourth-order valence-corrected chi connectivity index (χ4v) is 1.90. The van der Waals surface area contributed by atoms with Gasteiger partial charge in [0.15, 0.2) is 0 Å². The summed E-state index contributed by atoms with van der Waals surface area (Å²) in [5, 5.41) is 8.88. The summed E-state index contributed by atoms with van der Waals surface area (Å²) in [5.74, 6) is -1.09. The summed E-state index contributed by atoms with van der Waals surface area (Å²) in [7, 11) is 0. The van der Waals surface area contributed by atoms with Gasteiger partial charge in [0.25, 0.3) is 0 Å². The highest BCUT2D eigenvalue weighted by atomic mass is 16.4. The van der Waals surface area contributed by atoms with Gasteiger partial charge in [-0.3, -0.25) is 4.79 Å². The molecule has 0 radical (unpaired) electrons. The number of carboxylic acids is 1. The molecule has 3 N–H and O–H groups in total. The van der Waals surface area contributed by atoms with Gasteiger partial charge in [0.05, 0.1) is 5.54 Å². The minimum atomic E-state index is -0.917. The van der Waals surface area contributed by atoms with Crippen molar-refractivity contribution in [3.05, 3.63) is 0 Å². The first-order valence-corrected chi connectivity index (χ1v) is 4.87. The van der Waals surface area contributed by atoms with Crippen molar-refractivity contribution >= 4 is 11.9 Å². The monoisotopic (exact) mass is 198 g/mol. The predicted molar refractivity (Wildman–Crippen MR) is 48.5 cm³/mol. The minimum Gasteiger partial charge on any atom is -0.480 e. The highest BCUT2D eigenvalue weighted by molar-refractivity contribution is 5.92. The Labute approximate surface area is 81.9 Å². The number of hydrogen-bond acceptors (Lipinski definition) is 3. The van der Waals surface area contributed by atoms with E-state index < -0.39 is 17.6 Å². The summed E-state index contributed by atoms with van der Waals surface area (Å²) in [4.78, 5) is 24.0. The molecule has 2 rings (SSSR count). The zero-order valence-corrected chi connectivity index (χ0v) is 7.90. The third-order valence-corrected chi connectivity index (χ3v) is 3.01. The van der Waals surface area contributed by atoms with Crippen molar-refractivity contribution in [3.8, 4) is 0 Å². The molecule has 0 aromatic heterocycles. The van der Waals surface area contributed by atoms with Crippen molar-refractivity contribution in [2.75, 3.05) is 6.54 Å². The van der Waals surface area contributed by atoms with Crippen molar-refractivity contribution in [1.82, 2.24) is 4.90 Å². The molecule has 1 aliphatic heterocycles. The molecule has 5 nitrogen and oxygen atoms in total. The van der Waals surface area contributed by atoms with Crippen molar-refractivity contribution in [2.45, 2.75) is 37.3 Å². The number of rotatable bonds is 2. The average molecular weight is 198 g/mol. The maximum absolute atomic E-state index is 11.8. The summed E-state index contributed by atoms with van der Waals surface area (Å²) in [6.07, 6.45) is 2.69. The molecule has 2 aliphatic rings. The normalized spacial score (nSPS) is 28.9. The standard InChI is InChI=1S/C9H14N2O3/c10-9(3-4-9)8(14)11-5-1-2-6(11)7(12)13/h6H,1-5,10H2,(H,12,13). The molecule has 1 saturated heterocycles. The Morgan fingerprint density at radius 2 is 2.07 bits per heavy atom. The lowest BCUT2D eigenvalue weighted by Crippen LogP contribution is -2.49. The number of carbonyl (C=O) groups excluding carboxylic acids is 1. The molecule has 1 saturated carbocycles. The van der Waals surface area contributed by atoms with Crippen LogP contribution in [0, 0.1) is 0 Å². The third-order valence-electron chi connectivity index (χ3n) is 3.01. The predicted octanol–water partition coefficient (Wildman–Crippen LogP) is -0.447. The Morgan fingerprint density at radius 3 is 2.57 bits per heavy atom. The van der Waals surface area contributed by atoms with Crippen molar-refractivity contribution < 1.29 is 14.7 Å². The van der Waals surface area contributed by atoms with Gasteiger partial charge < -0.3 is 15.7 Å². The molecule has 1 aliphatic carbocycles. The molecule has 0 bridgehead atoms. The largest absolute Gasteiger partial charge is 0.480 e. The van der Waals surface area contributed by atoms with Crippen LogP contribution in [0.5, 0.6) is 0 Å². The number of carbonyl (C=O) groups is 2. The number of nitrogens with zero attached hydrogens (tertiary/aromatic N) is 1. The van der Waals surface area contributed by atoms with Gasteiger partial charge in [0.1, 0.15) is 6.04 Å². The number of likely N-dealkylation sites (tertiary alicyclic amines) is 1. The van der Waals surface area contributed by atoms with Crippen LogP contribution in [-0.2, 0) is 9.59 Å². The second kappa shape index (κ2) is 2.95. The molecular weight excluding hydrogens is 184 g/mol. The van der Waals surface area contributed by atoms with E-state index in [1.165, 1.54) is 4.90 Å². The van der Waals surface area contributed by atoms with Crippen LogP contribution in [0.2, 0.25) is 0 Å².